The Morgan fingerprint density at radius 1 is 1.16 bits per heavy atom. The van der Waals surface area contributed by atoms with Crippen LogP contribution in [0.25, 0.3) is 0 Å². The molecule has 0 bridgehead atoms. The van der Waals surface area contributed by atoms with E-state index in [1.165, 1.54) is 18.2 Å². The second kappa shape index (κ2) is 5.36. The molecule has 2 nitrogen and oxygen atoms in total. The largest absolute Gasteiger partial charge is 0.457 e. The Morgan fingerprint density at radius 3 is 2.53 bits per heavy atom. The van der Waals surface area contributed by atoms with Gasteiger partial charge >= 0.3 is 0 Å². The van der Waals surface area contributed by atoms with Gasteiger partial charge in [0.25, 0.3) is 0 Å². The van der Waals surface area contributed by atoms with Crippen LogP contribution in [0.2, 0.25) is 0 Å². The molecule has 2 N–H and O–H groups in total. The molecule has 19 heavy (non-hydrogen) atoms. The fourth-order valence-electron chi connectivity index (χ4n) is 1.77. The fraction of sp³-hybridized carbons (Fsp3) is 0.200. The van der Waals surface area contributed by atoms with Crippen molar-refractivity contribution in [2.45, 2.75) is 19.9 Å². The molecule has 0 saturated carbocycles. The summed E-state index contributed by atoms with van der Waals surface area (Å²) in [6.45, 7) is 3.38. The first-order valence-corrected chi connectivity index (χ1v) is 5.96. The minimum atomic E-state index is -0.390. The third-order valence-electron chi connectivity index (χ3n) is 2.81. The first-order valence-electron chi connectivity index (χ1n) is 5.96. The number of nitrogens with two attached hydrogens (primary N) is 1. The maximum absolute atomic E-state index is 13.6. The number of benzene rings is 2. The summed E-state index contributed by atoms with van der Waals surface area (Å²) in [5.41, 5.74) is 6.80. The van der Waals surface area contributed by atoms with Gasteiger partial charge in [-0.1, -0.05) is 6.07 Å². The average Bonchev–Trinajstić information content (AvgIpc) is 2.33. The van der Waals surface area contributed by atoms with Crippen LogP contribution in [-0.2, 0) is 0 Å². The number of halogens is 2. The molecule has 2 aromatic carbocycles. The predicted molar refractivity (Wildman–Crippen MR) is 70.2 cm³/mol. The lowest BCUT2D eigenvalue weighted by Gasteiger charge is -2.15. The molecular formula is C15H15F2NO. The quantitative estimate of drug-likeness (QED) is 0.905. The lowest BCUT2D eigenvalue weighted by Crippen LogP contribution is -2.08. The number of ether oxygens (including phenoxy) is 1. The average molecular weight is 263 g/mol. The zero-order chi connectivity index (χ0) is 14.0. The highest BCUT2D eigenvalue weighted by Gasteiger charge is 2.13. The van der Waals surface area contributed by atoms with Gasteiger partial charge in [0.15, 0.2) is 0 Å². The molecule has 2 aromatic rings. The topological polar surface area (TPSA) is 35.2 Å². The monoisotopic (exact) mass is 263 g/mol. The molecule has 1 atom stereocenters. The standard InChI is InChI=1S/C15H15F2NO/c1-9-6-15(13(10(2)18)8-14(9)17)19-12-5-3-4-11(16)7-12/h3-8,10H,18H2,1-2H3. The molecule has 2 rings (SSSR count). The Balaban J connectivity index is 2.41. The fourth-order valence-corrected chi connectivity index (χ4v) is 1.77. The zero-order valence-corrected chi connectivity index (χ0v) is 10.8. The maximum atomic E-state index is 13.6. The van der Waals surface area contributed by atoms with Gasteiger partial charge in [0, 0.05) is 17.7 Å². The van der Waals surface area contributed by atoms with Crippen LogP contribution in [0.4, 0.5) is 8.78 Å². The minimum Gasteiger partial charge on any atom is -0.457 e. The lowest BCUT2D eigenvalue weighted by atomic mass is 10.1. The van der Waals surface area contributed by atoms with Crippen LogP contribution in [0.5, 0.6) is 11.5 Å². The van der Waals surface area contributed by atoms with E-state index in [0.29, 0.717) is 22.6 Å². The molecule has 0 spiro atoms. The van der Waals surface area contributed by atoms with Gasteiger partial charge in [-0.3, -0.25) is 0 Å². The van der Waals surface area contributed by atoms with Gasteiger partial charge in [-0.2, -0.15) is 0 Å². The number of hydrogen-bond donors (Lipinski definition) is 1. The first kappa shape index (κ1) is 13.5. The van der Waals surface area contributed by atoms with Gasteiger partial charge in [0.05, 0.1) is 0 Å². The summed E-state index contributed by atoms with van der Waals surface area (Å²) in [5, 5.41) is 0. The Bertz CT molecular complexity index is 597. The van der Waals surface area contributed by atoms with E-state index in [9.17, 15) is 8.78 Å². The molecule has 0 aliphatic heterocycles. The predicted octanol–water partition coefficient (Wildman–Crippen LogP) is 4.09. The number of aryl methyl sites for hydroxylation is 1. The summed E-state index contributed by atoms with van der Waals surface area (Å²) >= 11 is 0. The molecule has 1 unspecified atom stereocenters. The first-order chi connectivity index (χ1) is 8.97. The van der Waals surface area contributed by atoms with Crippen molar-refractivity contribution in [2.75, 3.05) is 0 Å². The molecule has 4 heteroatoms. The smallest absolute Gasteiger partial charge is 0.132 e. The van der Waals surface area contributed by atoms with Gasteiger partial charge in [-0.25, -0.2) is 8.78 Å². The number of rotatable bonds is 3. The summed E-state index contributed by atoms with van der Waals surface area (Å²) in [6, 6.07) is 8.32. The van der Waals surface area contributed by atoms with Crippen molar-refractivity contribution in [1.29, 1.82) is 0 Å². The van der Waals surface area contributed by atoms with Crippen molar-refractivity contribution in [3.05, 3.63) is 59.2 Å². The van der Waals surface area contributed by atoms with Gasteiger partial charge in [0.1, 0.15) is 23.1 Å². The van der Waals surface area contributed by atoms with E-state index in [1.807, 2.05) is 0 Å². The summed E-state index contributed by atoms with van der Waals surface area (Å²) < 4.78 is 32.3. The highest BCUT2D eigenvalue weighted by atomic mass is 19.1. The third-order valence-corrected chi connectivity index (χ3v) is 2.81. The van der Waals surface area contributed by atoms with E-state index >= 15 is 0 Å². The van der Waals surface area contributed by atoms with E-state index < -0.39 is 5.82 Å². The molecule has 0 aromatic heterocycles. The Kier molecular flexibility index (Phi) is 3.81. The lowest BCUT2D eigenvalue weighted by molar-refractivity contribution is 0.463. The molecule has 0 aliphatic carbocycles. The van der Waals surface area contributed by atoms with E-state index in [4.69, 9.17) is 10.5 Å². The van der Waals surface area contributed by atoms with E-state index in [1.54, 1.807) is 32.0 Å². The molecule has 0 saturated heterocycles. The molecule has 0 heterocycles. The summed E-state index contributed by atoms with van der Waals surface area (Å²) in [7, 11) is 0. The summed E-state index contributed by atoms with van der Waals surface area (Å²) in [5.74, 6) is 0.0741. The van der Waals surface area contributed by atoms with Gasteiger partial charge < -0.3 is 10.5 Å². The Morgan fingerprint density at radius 2 is 1.89 bits per heavy atom. The molecular weight excluding hydrogens is 248 g/mol. The second-order valence-corrected chi connectivity index (χ2v) is 4.49. The minimum absolute atomic E-state index is 0.334. The third kappa shape index (κ3) is 3.09. The second-order valence-electron chi connectivity index (χ2n) is 4.49. The van der Waals surface area contributed by atoms with Crippen molar-refractivity contribution in [3.63, 3.8) is 0 Å². The van der Waals surface area contributed by atoms with Crippen LogP contribution >= 0.6 is 0 Å². The molecule has 0 fully saturated rings. The molecule has 100 valence electrons. The number of hydrogen-bond acceptors (Lipinski definition) is 2. The van der Waals surface area contributed by atoms with E-state index in [0.717, 1.165) is 0 Å². The van der Waals surface area contributed by atoms with Crippen LogP contribution in [0.15, 0.2) is 36.4 Å². The van der Waals surface area contributed by atoms with E-state index in [2.05, 4.69) is 0 Å². The van der Waals surface area contributed by atoms with Gasteiger partial charge in [-0.05, 0) is 43.7 Å². The van der Waals surface area contributed by atoms with Crippen molar-refractivity contribution in [2.24, 2.45) is 5.73 Å². The molecule has 0 amide bonds. The van der Waals surface area contributed by atoms with Crippen molar-refractivity contribution < 1.29 is 13.5 Å². The van der Waals surface area contributed by atoms with Crippen LogP contribution in [0.1, 0.15) is 24.1 Å². The summed E-state index contributed by atoms with van der Waals surface area (Å²) in [6.07, 6.45) is 0. The van der Waals surface area contributed by atoms with Gasteiger partial charge in [0.2, 0.25) is 0 Å². The van der Waals surface area contributed by atoms with E-state index in [-0.39, 0.29) is 11.9 Å². The molecule has 0 aliphatic rings. The zero-order valence-electron chi connectivity index (χ0n) is 10.8. The van der Waals surface area contributed by atoms with Crippen LogP contribution in [0, 0.1) is 18.6 Å². The molecule has 0 radical (unpaired) electrons. The summed E-state index contributed by atoms with van der Waals surface area (Å²) in [4.78, 5) is 0. The highest BCUT2D eigenvalue weighted by Crippen LogP contribution is 2.31. The SMILES string of the molecule is Cc1cc(Oc2cccc(F)c2)c(C(C)N)cc1F. The van der Waals surface area contributed by atoms with Crippen molar-refractivity contribution in [1.82, 2.24) is 0 Å². The van der Waals surface area contributed by atoms with Gasteiger partial charge in [-0.15, -0.1) is 0 Å². The van der Waals surface area contributed by atoms with Crippen molar-refractivity contribution in [3.8, 4) is 11.5 Å². The van der Waals surface area contributed by atoms with Crippen LogP contribution in [0.3, 0.4) is 0 Å². The Hall–Kier alpha value is -1.94. The highest BCUT2D eigenvalue weighted by molar-refractivity contribution is 5.42. The van der Waals surface area contributed by atoms with Crippen molar-refractivity contribution >= 4 is 0 Å². The maximum Gasteiger partial charge on any atom is 0.132 e. The normalized spacial score (nSPS) is 12.3. The Labute approximate surface area is 110 Å². The van der Waals surface area contributed by atoms with Crippen LogP contribution in [-0.4, -0.2) is 0 Å². The van der Waals surface area contributed by atoms with Crippen LogP contribution < -0.4 is 10.5 Å².